The summed E-state index contributed by atoms with van der Waals surface area (Å²) in [6.45, 7) is 2.92. The predicted molar refractivity (Wildman–Crippen MR) is 392 cm³/mol. The molecule has 12 unspecified atom stereocenters. The fourth-order valence-corrected chi connectivity index (χ4v) is 13.7. The Bertz CT molecular complexity index is 1730. The van der Waals surface area contributed by atoms with Crippen LogP contribution in [0, 0.1) is 0 Å². The maximum Gasteiger partial charge on any atom is 0.220 e. The minimum absolute atomic E-state index is 0.198. The van der Waals surface area contributed by atoms with Crippen molar-refractivity contribution in [3.8, 4) is 0 Å². The van der Waals surface area contributed by atoms with Crippen molar-refractivity contribution < 1.29 is 64.6 Å². The lowest BCUT2D eigenvalue weighted by atomic mass is 9.97. The SMILES string of the molecule is CCCCCCC/C=C\C/C=C\C/C=C\CCCCCCCCCCCCCCCCCCCCCCC(=O)NC(COC1OC(CO)C(OC2OC(CO)C(O)C(O)C2O)C(O)C1O)C(O)CCCCCCCCCCCCCCCCCCCCCCCCCCCC. The highest BCUT2D eigenvalue weighted by molar-refractivity contribution is 5.76. The molecular weight excluding hydrogens is 1190 g/mol. The van der Waals surface area contributed by atoms with Crippen molar-refractivity contribution in [3.63, 3.8) is 0 Å². The molecule has 95 heavy (non-hydrogen) atoms. The predicted octanol–water partition coefficient (Wildman–Crippen LogP) is 18.4. The molecule has 560 valence electrons. The van der Waals surface area contributed by atoms with Crippen molar-refractivity contribution in [2.24, 2.45) is 0 Å². The van der Waals surface area contributed by atoms with E-state index in [0.29, 0.717) is 12.8 Å². The number of hydrogen-bond acceptors (Lipinski definition) is 13. The second kappa shape index (κ2) is 65.5. The van der Waals surface area contributed by atoms with Crippen LogP contribution in [0.4, 0.5) is 0 Å². The van der Waals surface area contributed by atoms with E-state index in [9.17, 15) is 45.6 Å². The number of carbonyl (C=O) groups excluding carboxylic acids is 1. The number of carbonyl (C=O) groups is 1. The molecule has 2 rings (SSSR count). The zero-order chi connectivity index (χ0) is 68.7. The van der Waals surface area contributed by atoms with Gasteiger partial charge >= 0.3 is 0 Å². The van der Waals surface area contributed by atoms with Gasteiger partial charge in [-0.2, -0.15) is 0 Å². The molecule has 0 aliphatic carbocycles. The number of allylic oxidation sites excluding steroid dienone is 6. The number of aliphatic hydroxyl groups is 8. The van der Waals surface area contributed by atoms with E-state index in [-0.39, 0.29) is 12.5 Å². The Labute approximate surface area is 582 Å². The second-order valence-corrected chi connectivity index (χ2v) is 28.9. The summed E-state index contributed by atoms with van der Waals surface area (Å²) in [5.74, 6) is -0.198. The first-order chi connectivity index (χ1) is 46.6. The average Bonchev–Trinajstić information content (AvgIpc) is 0.800. The summed E-state index contributed by atoms with van der Waals surface area (Å²) in [5.41, 5.74) is 0. The van der Waals surface area contributed by atoms with Crippen molar-refractivity contribution in [2.75, 3.05) is 19.8 Å². The summed E-state index contributed by atoms with van der Waals surface area (Å²) < 4.78 is 23.0. The van der Waals surface area contributed by atoms with Gasteiger partial charge in [-0.3, -0.25) is 4.79 Å². The summed E-state index contributed by atoms with van der Waals surface area (Å²) in [4.78, 5) is 13.4. The molecule has 2 heterocycles. The number of ether oxygens (including phenoxy) is 4. The fraction of sp³-hybridized carbons (Fsp3) is 0.914. The molecule has 0 aromatic heterocycles. The third-order valence-electron chi connectivity index (χ3n) is 20.1. The zero-order valence-electron chi connectivity index (χ0n) is 61.4. The molecule has 2 aliphatic heterocycles. The van der Waals surface area contributed by atoms with Crippen LogP contribution in [-0.2, 0) is 23.7 Å². The monoisotopic (exact) mass is 1350 g/mol. The van der Waals surface area contributed by atoms with Crippen LogP contribution < -0.4 is 5.32 Å². The molecule has 9 N–H and O–H groups in total. The number of hydrogen-bond donors (Lipinski definition) is 9. The van der Waals surface area contributed by atoms with Crippen LogP contribution in [0.1, 0.15) is 380 Å². The lowest BCUT2D eigenvalue weighted by Gasteiger charge is -2.46. The number of aliphatic hydroxyl groups excluding tert-OH is 8. The van der Waals surface area contributed by atoms with Crippen molar-refractivity contribution in [1.29, 1.82) is 0 Å². The summed E-state index contributed by atoms with van der Waals surface area (Å²) in [6, 6.07) is -0.829. The number of rotatable bonds is 69. The Balaban J connectivity index is 1.59. The molecule has 12 atom stereocenters. The third-order valence-corrected chi connectivity index (χ3v) is 20.1. The van der Waals surface area contributed by atoms with Crippen molar-refractivity contribution in [1.82, 2.24) is 5.32 Å². The van der Waals surface area contributed by atoms with Gasteiger partial charge in [0.15, 0.2) is 12.6 Å². The number of amides is 1. The lowest BCUT2D eigenvalue weighted by Crippen LogP contribution is -2.65. The molecule has 0 aromatic rings. The van der Waals surface area contributed by atoms with E-state index in [0.717, 1.165) is 64.2 Å². The lowest BCUT2D eigenvalue weighted by molar-refractivity contribution is -0.359. The summed E-state index contributed by atoms with van der Waals surface area (Å²) in [6.07, 6.45) is 69.0. The molecule has 0 saturated carbocycles. The first-order valence-corrected chi connectivity index (χ1v) is 40.7. The Kier molecular flexibility index (Phi) is 61.6. The Hall–Kier alpha value is -1.79. The van der Waals surface area contributed by atoms with E-state index in [2.05, 4.69) is 55.6 Å². The minimum Gasteiger partial charge on any atom is -0.394 e. The molecule has 2 fully saturated rings. The van der Waals surface area contributed by atoms with Crippen molar-refractivity contribution in [3.05, 3.63) is 36.5 Å². The van der Waals surface area contributed by atoms with Gasteiger partial charge in [-0.25, -0.2) is 0 Å². The van der Waals surface area contributed by atoms with Gasteiger partial charge in [0.25, 0.3) is 0 Å². The smallest absolute Gasteiger partial charge is 0.220 e. The number of unbranched alkanes of at least 4 members (excludes halogenated alkanes) is 50. The van der Waals surface area contributed by atoms with E-state index in [4.69, 9.17) is 18.9 Å². The van der Waals surface area contributed by atoms with E-state index < -0.39 is 86.8 Å². The molecule has 2 aliphatic rings. The van der Waals surface area contributed by atoms with Gasteiger partial charge in [-0.05, 0) is 51.4 Å². The van der Waals surface area contributed by atoms with Crippen LogP contribution in [0.15, 0.2) is 36.5 Å². The zero-order valence-corrected chi connectivity index (χ0v) is 61.4. The van der Waals surface area contributed by atoms with Gasteiger partial charge in [-0.1, -0.05) is 359 Å². The molecule has 1 amide bonds. The Morgan fingerprint density at radius 1 is 0.379 bits per heavy atom. The van der Waals surface area contributed by atoms with Crippen molar-refractivity contribution in [2.45, 2.75) is 453 Å². The standard InChI is InChI=1S/C81H153NO13/c1-3-5-7-9-11-13-15-17-19-21-23-25-27-29-31-32-33-34-35-36-37-38-39-41-43-45-47-49-51-53-55-57-59-61-63-65-73(86)82-69(68-92-80-78(91)76(89)79(72(67-84)94-80)95-81-77(90)75(88)74(87)71(66-83)93-81)70(85)64-62-60-58-56-54-52-50-48-46-44-42-40-30-28-26-24-22-20-18-16-14-12-10-8-6-4-2/h15,17,21,23,27,29,69-72,74-81,83-85,87-91H,3-14,16,18-20,22,24-26,28,30-68H2,1-2H3,(H,82,86)/b17-15-,23-21-,29-27-. The van der Waals surface area contributed by atoms with Crippen LogP contribution >= 0.6 is 0 Å². The van der Waals surface area contributed by atoms with Crippen LogP contribution in [0.3, 0.4) is 0 Å². The van der Waals surface area contributed by atoms with Gasteiger partial charge < -0.3 is 65.1 Å². The third kappa shape index (κ3) is 48.6. The Morgan fingerprint density at radius 2 is 0.695 bits per heavy atom. The maximum absolute atomic E-state index is 13.4. The van der Waals surface area contributed by atoms with Crippen LogP contribution in [0.25, 0.3) is 0 Å². The first kappa shape index (κ1) is 89.3. The molecule has 0 bridgehead atoms. The molecule has 2 saturated heterocycles. The van der Waals surface area contributed by atoms with Crippen LogP contribution in [-0.4, -0.2) is 140 Å². The topological polar surface area (TPSA) is 228 Å². The second-order valence-electron chi connectivity index (χ2n) is 28.9. The van der Waals surface area contributed by atoms with Crippen LogP contribution in [0.5, 0.6) is 0 Å². The normalized spacial score (nSPS) is 22.5. The van der Waals surface area contributed by atoms with Gasteiger partial charge in [0.1, 0.15) is 48.8 Å². The Morgan fingerprint density at radius 3 is 1.06 bits per heavy atom. The summed E-state index contributed by atoms with van der Waals surface area (Å²) in [5, 5.41) is 87.9. The largest absolute Gasteiger partial charge is 0.394 e. The highest BCUT2D eigenvalue weighted by atomic mass is 16.7. The highest BCUT2D eigenvalue weighted by Gasteiger charge is 2.51. The molecule has 0 radical (unpaired) electrons. The van der Waals surface area contributed by atoms with Gasteiger partial charge in [0, 0.05) is 6.42 Å². The first-order valence-electron chi connectivity index (χ1n) is 40.7. The van der Waals surface area contributed by atoms with Crippen molar-refractivity contribution >= 4 is 5.91 Å². The van der Waals surface area contributed by atoms with E-state index in [1.54, 1.807) is 0 Å². The van der Waals surface area contributed by atoms with Gasteiger partial charge in [0.05, 0.1) is 32.0 Å². The molecular formula is C81H153NO13. The molecule has 0 spiro atoms. The quantitative estimate of drug-likeness (QED) is 0.0204. The van der Waals surface area contributed by atoms with E-state index >= 15 is 0 Å². The molecule has 0 aromatic carbocycles. The van der Waals surface area contributed by atoms with E-state index in [1.165, 1.54) is 289 Å². The minimum atomic E-state index is -1.78. The molecule has 14 nitrogen and oxygen atoms in total. The number of nitrogens with one attached hydrogen (secondary N) is 1. The highest BCUT2D eigenvalue weighted by Crippen LogP contribution is 2.30. The summed E-state index contributed by atoms with van der Waals surface area (Å²) in [7, 11) is 0. The fourth-order valence-electron chi connectivity index (χ4n) is 13.7. The average molecular weight is 1350 g/mol. The maximum atomic E-state index is 13.4. The van der Waals surface area contributed by atoms with Crippen LogP contribution in [0.2, 0.25) is 0 Å². The summed E-state index contributed by atoms with van der Waals surface area (Å²) >= 11 is 0. The van der Waals surface area contributed by atoms with Gasteiger partial charge in [0.2, 0.25) is 5.91 Å². The van der Waals surface area contributed by atoms with Gasteiger partial charge in [-0.15, -0.1) is 0 Å². The molecule has 14 heteroatoms. The van der Waals surface area contributed by atoms with E-state index in [1.807, 2.05) is 0 Å².